The third-order valence-corrected chi connectivity index (χ3v) is 5.97. The van der Waals surface area contributed by atoms with Gasteiger partial charge in [-0.25, -0.2) is 4.98 Å². The first kappa shape index (κ1) is 20.3. The van der Waals surface area contributed by atoms with Crippen LogP contribution in [0.5, 0.6) is 0 Å². The van der Waals surface area contributed by atoms with Gasteiger partial charge in [0.2, 0.25) is 17.7 Å². The number of hydrogen-bond acceptors (Lipinski definition) is 7. The molecular formula is C22H20N4O2S2. The van der Waals surface area contributed by atoms with E-state index in [4.69, 9.17) is 4.42 Å². The highest BCUT2D eigenvalue weighted by atomic mass is 32.2. The van der Waals surface area contributed by atoms with E-state index >= 15 is 0 Å². The monoisotopic (exact) mass is 436 g/mol. The zero-order chi connectivity index (χ0) is 20.9. The van der Waals surface area contributed by atoms with Crippen LogP contribution in [0, 0.1) is 6.92 Å². The smallest absolute Gasteiger partial charge is 0.247 e. The van der Waals surface area contributed by atoms with Gasteiger partial charge >= 0.3 is 0 Å². The van der Waals surface area contributed by atoms with Gasteiger partial charge in [0.25, 0.3) is 0 Å². The van der Waals surface area contributed by atoms with Crippen LogP contribution >= 0.6 is 23.1 Å². The molecule has 0 saturated carbocycles. The van der Waals surface area contributed by atoms with Crippen LogP contribution in [0.1, 0.15) is 17.9 Å². The highest BCUT2D eigenvalue weighted by Gasteiger charge is 2.12. The van der Waals surface area contributed by atoms with Gasteiger partial charge in [-0.3, -0.25) is 4.79 Å². The first-order chi connectivity index (χ1) is 14.6. The summed E-state index contributed by atoms with van der Waals surface area (Å²) >= 11 is 3.11. The molecule has 6 nitrogen and oxygen atoms in total. The molecule has 0 saturated heterocycles. The van der Waals surface area contributed by atoms with Crippen molar-refractivity contribution < 1.29 is 9.21 Å². The molecule has 0 spiro atoms. The van der Waals surface area contributed by atoms with Crippen molar-refractivity contribution in [2.24, 2.45) is 0 Å². The van der Waals surface area contributed by atoms with E-state index in [2.05, 4.69) is 32.6 Å². The van der Waals surface area contributed by atoms with Crippen molar-refractivity contribution in [3.8, 4) is 22.7 Å². The van der Waals surface area contributed by atoms with Gasteiger partial charge in [0.1, 0.15) is 0 Å². The SMILES string of the molecule is CSc1ccc(-c2csc(NC(=O)CCc3nnc(-c4ccc(C)cc4)o3)n2)cc1. The summed E-state index contributed by atoms with van der Waals surface area (Å²) in [6.45, 7) is 2.02. The van der Waals surface area contributed by atoms with E-state index < -0.39 is 0 Å². The number of carbonyl (C=O) groups is 1. The standard InChI is InChI=1S/C22H20N4O2S2/c1-14-3-5-16(6-4-14)21-26-25-20(28-21)12-11-19(27)24-22-23-18(13-30-22)15-7-9-17(29-2)10-8-15/h3-10,13H,11-12H2,1-2H3,(H,23,24,27). The van der Waals surface area contributed by atoms with Crippen molar-refractivity contribution in [1.29, 1.82) is 0 Å². The number of thiazole rings is 1. The molecule has 4 aromatic rings. The minimum Gasteiger partial charge on any atom is -0.421 e. The van der Waals surface area contributed by atoms with Gasteiger partial charge in [-0.1, -0.05) is 29.8 Å². The Morgan fingerprint density at radius 3 is 2.53 bits per heavy atom. The Morgan fingerprint density at radius 2 is 1.80 bits per heavy atom. The van der Waals surface area contributed by atoms with Crippen LogP contribution in [0.15, 0.2) is 63.2 Å². The summed E-state index contributed by atoms with van der Waals surface area (Å²) in [4.78, 5) is 18.0. The largest absolute Gasteiger partial charge is 0.421 e. The fourth-order valence-corrected chi connectivity index (χ4v) is 3.94. The van der Waals surface area contributed by atoms with Gasteiger partial charge in [-0.15, -0.1) is 33.3 Å². The zero-order valence-electron chi connectivity index (χ0n) is 16.6. The fraction of sp³-hybridized carbons (Fsp3) is 0.182. The average molecular weight is 437 g/mol. The van der Waals surface area contributed by atoms with Crippen LogP contribution in [0.25, 0.3) is 22.7 Å². The molecular weight excluding hydrogens is 416 g/mol. The van der Waals surface area contributed by atoms with Crippen LogP contribution in [-0.2, 0) is 11.2 Å². The lowest BCUT2D eigenvalue weighted by Crippen LogP contribution is -2.12. The molecule has 4 rings (SSSR count). The number of carbonyl (C=O) groups excluding carboxylic acids is 1. The van der Waals surface area contributed by atoms with E-state index in [0.717, 1.165) is 22.4 Å². The summed E-state index contributed by atoms with van der Waals surface area (Å²) in [5.41, 5.74) is 3.91. The average Bonchev–Trinajstić information content (AvgIpc) is 3.43. The normalized spacial score (nSPS) is 10.9. The molecule has 0 fully saturated rings. The number of rotatable bonds is 7. The maximum absolute atomic E-state index is 12.3. The lowest BCUT2D eigenvalue weighted by molar-refractivity contribution is -0.116. The Balaban J connectivity index is 1.32. The molecule has 1 amide bonds. The van der Waals surface area contributed by atoms with Crippen LogP contribution in [-0.4, -0.2) is 27.3 Å². The van der Waals surface area contributed by atoms with E-state index in [-0.39, 0.29) is 12.3 Å². The molecule has 152 valence electrons. The number of benzene rings is 2. The van der Waals surface area contributed by atoms with Crippen molar-refractivity contribution in [3.63, 3.8) is 0 Å². The molecule has 0 aliphatic heterocycles. The maximum atomic E-state index is 12.3. The first-order valence-electron chi connectivity index (χ1n) is 9.40. The fourth-order valence-electron chi connectivity index (χ4n) is 2.80. The van der Waals surface area contributed by atoms with Gasteiger partial charge in [0.15, 0.2) is 5.13 Å². The third-order valence-electron chi connectivity index (χ3n) is 4.47. The summed E-state index contributed by atoms with van der Waals surface area (Å²) in [5.74, 6) is 0.764. The molecule has 1 N–H and O–H groups in total. The van der Waals surface area contributed by atoms with Crippen molar-refractivity contribution in [3.05, 3.63) is 65.4 Å². The van der Waals surface area contributed by atoms with Gasteiger partial charge in [0.05, 0.1) is 5.69 Å². The van der Waals surface area contributed by atoms with Gasteiger partial charge in [0, 0.05) is 34.2 Å². The van der Waals surface area contributed by atoms with Crippen LogP contribution in [0.2, 0.25) is 0 Å². The molecule has 0 radical (unpaired) electrons. The van der Waals surface area contributed by atoms with Crippen LogP contribution in [0.4, 0.5) is 5.13 Å². The summed E-state index contributed by atoms with van der Waals surface area (Å²) in [6.07, 6.45) is 2.66. The topological polar surface area (TPSA) is 80.9 Å². The van der Waals surface area contributed by atoms with Crippen LogP contribution in [0.3, 0.4) is 0 Å². The minimum atomic E-state index is -0.135. The Morgan fingerprint density at radius 1 is 1.07 bits per heavy atom. The molecule has 30 heavy (non-hydrogen) atoms. The second-order valence-corrected chi connectivity index (χ2v) is 8.42. The van der Waals surface area contributed by atoms with Gasteiger partial charge in [-0.05, 0) is 37.4 Å². The number of amides is 1. The minimum absolute atomic E-state index is 0.135. The second-order valence-electron chi connectivity index (χ2n) is 6.68. The van der Waals surface area contributed by atoms with Crippen LogP contribution < -0.4 is 5.32 Å². The first-order valence-corrected chi connectivity index (χ1v) is 11.5. The van der Waals surface area contributed by atoms with Gasteiger partial charge in [-0.2, -0.15) is 0 Å². The lowest BCUT2D eigenvalue weighted by Gasteiger charge is -2.00. The molecule has 8 heteroatoms. The summed E-state index contributed by atoms with van der Waals surface area (Å²) in [7, 11) is 0. The molecule has 0 unspecified atom stereocenters. The van der Waals surface area contributed by atoms with Crippen molar-refractivity contribution in [1.82, 2.24) is 15.2 Å². The number of aryl methyl sites for hydroxylation is 2. The Kier molecular flexibility index (Phi) is 6.25. The van der Waals surface area contributed by atoms with Crippen molar-refractivity contribution in [2.45, 2.75) is 24.7 Å². The van der Waals surface area contributed by atoms with E-state index in [9.17, 15) is 4.79 Å². The number of aromatic nitrogens is 3. The molecule has 0 aliphatic carbocycles. The maximum Gasteiger partial charge on any atom is 0.247 e. The molecule has 0 atom stereocenters. The Bertz CT molecular complexity index is 1130. The number of hydrogen-bond donors (Lipinski definition) is 1. The summed E-state index contributed by atoms with van der Waals surface area (Å²) in [5, 5.41) is 13.5. The number of thioether (sulfide) groups is 1. The van der Waals surface area contributed by atoms with Crippen molar-refractivity contribution in [2.75, 3.05) is 11.6 Å². The van der Waals surface area contributed by atoms with E-state index in [1.807, 2.05) is 55.0 Å². The highest BCUT2D eigenvalue weighted by molar-refractivity contribution is 7.98. The Hall–Kier alpha value is -2.97. The molecule has 0 bridgehead atoms. The van der Waals surface area contributed by atoms with E-state index in [1.54, 1.807) is 11.8 Å². The third kappa shape index (κ3) is 4.95. The summed E-state index contributed by atoms with van der Waals surface area (Å²) < 4.78 is 5.67. The van der Waals surface area contributed by atoms with E-state index in [0.29, 0.717) is 23.3 Å². The summed E-state index contributed by atoms with van der Waals surface area (Å²) in [6, 6.07) is 16.1. The molecule has 2 heterocycles. The second kappa shape index (κ2) is 9.23. The lowest BCUT2D eigenvalue weighted by atomic mass is 10.1. The van der Waals surface area contributed by atoms with Crippen molar-refractivity contribution >= 4 is 34.1 Å². The molecule has 0 aliphatic rings. The van der Waals surface area contributed by atoms with E-state index in [1.165, 1.54) is 16.2 Å². The molecule has 2 aromatic carbocycles. The zero-order valence-corrected chi connectivity index (χ0v) is 18.2. The quantitative estimate of drug-likeness (QED) is 0.387. The Labute approximate surface area is 182 Å². The number of nitrogens with one attached hydrogen (secondary N) is 1. The number of anilines is 1. The predicted molar refractivity (Wildman–Crippen MR) is 121 cm³/mol. The number of nitrogens with zero attached hydrogens (tertiary/aromatic N) is 3. The predicted octanol–water partition coefficient (Wildman–Crippen LogP) is 5.46. The van der Waals surface area contributed by atoms with Gasteiger partial charge < -0.3 is 9.73 Å². The highest BCUT2D eigenvalue weighted by Crippen LogP contribution is 2.27. The molecule has 2 aromatic heterocycles.